The predicted molar refractivity (Wildman–Crippen MR) is 89.0 cm³/mol. The van der Waals surface area contributed by atoms with Gasteiger partial charge in [-0.25, -0.2) is 0 Å². The Hall–Kier alpha value is -1.55. The number of benzene rings is 1. The highest BCUT2D eigenvalue weighted by molar-refractivity contribution is 5.83. The van der Waals surface area contributed by atoms with E-state index in [1.807, 2.05) is 52.0 Å². The summed E-state index contributed by atoms with van der Waals surface area (Å²) in [6.07, 6.45) is 2.14. The zero-order valence-corrected chi connectivity index (χ0v) is 14.1. The van der Waals surface area contributed by atoms with Crippen molar-refractivity contribution in [1.29, 1.82) is 0 Å². The van der Waals surface area contributed by atoms with Crippen molar-refractivity contribution in [3.05, 3.63) is 29.8 Å². The first-order chi connectivity index (χ1) is 10.4. The molecule has 0 radical (unpaired) electrons. The fourth-order valence-electron chi connectivity index (χ4n) is 2.83. The van der Waals surface area contributed by atoms with Crippen molar-refractivity contribution in [1.82, 2.24) is 10.6 Å². The number of rotatable bonds is 5. The van der Waals surface area contributed by atoms with E-state index < -0.39 is 0 Å². The SMILES string of the molecule is CC(C)Oc1cccc(C(C)NC(=O)C2(C)CCCNC2)c1. The van der Waals surface area contributed by atoms with Gasteiger partial charge in [-0.15, -0.1) is 0 Å². The van der Waals surface area contributed by atoms with Crippen molar-refractivity contribution < 1.29 is 9.53 Å². The molecule has 1 saturated heterocycles. The number of ether oxygens (including phenoxy) is 1. The van der Waals surface area contributed by atoms with E-state index in [4.69, 9.17) is 4.74 Å². The van der Waals surface area contributed by atoms with Crippen LogP contribution in [0.15, 0.2) is 24.3 Å². The van der Waals surface area contributed by atoms with Gasteiger partial charge in [0.25, 0.3) is 0 Å². The summed E-state index contributed by atoms with van der Waals surface area (Å²) in [7, 11) is 0. The summed E-state index contributed by atoms with van der Waals surface area (Å²) < 4.78 is 5.72. The van der Waals surface area contributed by atoms with Gasteiger partial charge < -0.3 is 15.4 Å². The first-order valence-electron chi connectivity index (χ1n) is 8.19. The molecular weight excluding hydrogens is 276 g/mol. The van der Waals surface area contributed by atoms with Gasteiger partial charge in [-0.2, -0.15) is 0 Å². The van der Waals surface area contributed by atoms with E-state index in [0.717, 1.165) is 37.2 Å². The van der Waals surface area contributed by atoms with Gasteiger partial charge in [0.05, 0.1) is 17.6 Å². The Bertz CT molecular complexity index is 508. The van der Waals surface area contributed by atoms with Crippen LogP contribution in [0.5, 0.6) is 5.75 Å². The Morgan fingerprint density at radius 3 is 2.77 bits per heavy atom. The molecule has 0 bridgehead atoms. The van der Waals surface area contributed by atoms with Crippen LogP contribution in [0.4, 0.5) is 0 Å². The number of carbonyl (C=O) groups is 1. The number of carbonyl (C=O) groups excluding carboxylic acids is 1. The standard InChI is InChI=1S/C18H28N2O2/c1-13(2)22-16-8-5-7-15(11-16)14(3)20-17(21)18(4)9-6-10-19-12-18/h5,7-8,11,13-14,19H,6,9-10,12H2,1-4H3,(H,20,21). The van der Waals surface area contributed by atoms with E-state index in [2.05, 4.69) is 10.6 Å². The molecule has 122 valence electrons. The summed E-state index contributed by atoms with van der Waals surface area (Å²) >= 11 is 0. The quantitative estimate of drug-likeness (QED) is 0.879. The second kappa shape index (κ2) is 7.14. The van der Waals surface area contributed by atoms with Crippen LogP contribution in [-0.4, -0.2) is 25.1 Å². The lowest BCUT2D eigenvalue weighted by atomic mass is 9.81. The monoisotopic (exact) mass is 304 g/mol. The molecule has 4 heteroatoms. The molecule has 2 N–H and O–H groups in total. The van der Waals surface area contributed by atoms with Gasteiger partial charge in [-0.3, -0.25) is 4.79 Å². The molecule has 1 aromatic carbocycles. The fraction of sp³-hybridized carbons (Fsp3) is 0.611. The van der Waals surface area contributed by atoms with E-state index in [1.165, 1.54) is 0 Å². The third-order valence-corrected chi connectivity index (χ3v) is 4.22. The minimum absolute atomic E-state index is 0.0260. The summed E-state index contributed by atoms with van der Waals surface area (Å²) in [4.78, 5) is 12.6. The van der Waals surface area contributed by atoms with Gasteiger partial charge in [0.1, 0.15) is 5.75 Å². The van der Waals surface area contributed by atoms with Crippen LogP contribution >= 0.6 is 0 Å². The lowest BCUT2D eigenvalue weighted by Gasteiger charge is -2.33. The number of hydrogen-bond donors (Lipinski definition) is 2. The molecule has 22 heavy (non-hydrogen) atoms. The van der Waals surface area contributed by atoms with E-state index in [-0.39, 0.29) is 23.5 Å². The molecule has 0 aromatic heterocycles. The lowest BCUT2D eigenvalue weighted by molar-refractivity contribution is -0.131. The van der Waals surface area contributed by atoms with Crippen molar-refractivity contribution in [3.8, 4) is 5.75 Å². The van der Waals surface area contributed by atoms with E-state index >= 15 is 0 Å². The summed E-state index contributed by atoms with van der Waals surface area (Å²) in [6, 6.07) is 7.93. The Morgan fingerprint density at radius 1 is 1.36 bits per heavy atom. The maximum atomic E-state index is 12.6. The number of hydrogen-bond acceptors (Lipinski definition) is 3. The topological polar surface area (TPSA) is 50.4 Å². The maximum absolute atomic E-state index is 12.6. The van der Waals surface area contributed by atoms with Gasteiger partial charge >= 0.3 is 0 Å². The number of amides is 1. The largest absolute Gasteiger partial charge is 0.491 e. The second-order valence-electron chi connectivity index (χ2n) is 6.78. The Balaban J connectivity index is 2.02. The highest BCUT2D eigenvalue weighted by Gasteiger charge is 2.35. The molecule has 1 aliphatic rings. The van der Waals surface area contributed by atoms with Gasteiger partial charge in [0, 0.05) is 6.54 Å². The van der Waals surface area contributed by atoms with Crippen molar-refractivity contribution in [2.24, 2.45) is 5.41 Å². The zero-order valence-electron chi connectivity index (χ0n) is 14.1. The lowest BCUT2D eigenvalue weighted by Crippen LogP contribution is -2.49. The van der Waals surface area contributed by atoms with Crippen LogP contribution < -0.4 is 15.4 Å². The van der Waals surface area contributed by atoms with E-state index in [1.54, 1.807) is 0 Å². The third kappa shape index (κ3) is 4.23. The molecule has 0 aliphatic carbocycles. The van der Waals surface area contributed by atoms with Crippen LogP contribution in [0.25, 0.3) is 0 Å². The minimum atomic E-state index is -0.307. The predicted octanol–water partition coefficient (Wildman–Crippen LogP) is 3.04. The van der Waals surface area contributed by atoms with Crippen molar-refractivity contribution in [3.63, 3.8) is 0 Å². The van der Waals surface area contributed by atoms with Crippen LogP contribution in [-0.2, 0) is 4.79 Å². The molecule has 1 amide bonds. The number of piperidine rings is 1. The van der Waals surface area contributed by atoms with Crippen LogP contribution in [0.3, 0.4) is 0 Å². The summed E-state index contributed by atoms with van der Waals surface area (Å²) in [6.45, 7) is 9.84. The Morgan fingerprint density at radius 2 is 2.14 bits per heavy atom. The smallest absolute Gasteiger partial charge is 0.227 e. The molecule has 2 atom stereocenters. The molecule has 2 unspecified atom stereocenters. The summed E-state index contributed by atoms with van der Waals surface area (Å²) in [5.41, 5.74) is 0.761. The zero-order chi connectivity index (χ0) is 16.2. The van der Waals surface area contributed by atoms with Crippen molar-refractivity contribution >= 4 is 5.91 Å². The van der Waals surface area contributed by atoms with Gasteiger partial charge in [-0.05, 0) is 64.8 Å². The highest BCUT2D eigenvalue weighted by atomic mass is 16.5. The third-order valence-electron chi connectivity index (χ3n) is 4.22. The molecule has 4 nitrogen and oxygen atoms in total. The highest BCUT2D eigenvalue weighted by Crippen LogP contribution is 2.27. The molecule has 0 saturated carbocycles. The number of nitrogens with one attached hydrogen (secondary N) is 2. The second-order valence-corrected chi connectivity index (χ2v) is 6.78. The Labute approximate surface area is 133 Å². The van der Waals surface area contributed by atoms with Crippen molar-refractivity contribution in [2.45, 2.75) is 52.7 Å². The van der Waals surface area contributed by atoms with Crippen LogP contribution in [0.2, 0.25) is 0 Å². The molecule has 0 spiro atoms. The molecule has 1 aromatic rings. The summed E-state index contributed by atoms with van der Waals surface area (Å²) in [5, 5.41) is 6.47. The molecular formula is C18H28N2O2. The maximum Gasteiger partial charge on any atom is 0.227 e. The first kappa shape index (κ1) is 16.8. The average Bonchev–Trinajstić information content (AvgIpc) is 2.47. The first-order valence-corrected chi connectivity index (χ1v) is 8.19. The molecule has 2 rings (SSSR count). The van der Waals surface area contributed by atoms with Crippen LogP contribution in [0.1, 0.15) is 52.1 Å². The molecule has 1 fully saturated rings. The minimum Gasteiger partial charge on any atom is -0.491 e. The Kier molecular flexibility index (Phi) is 5.46. The van der Waals surface area contributed by atoms with E-state index in [9.17, 15) is 4.79 Å². The average molecular weight is 304 g/mol. The molecule has 1 aliphatic heterocycles. The summed E-state index contributed by atoms with van der Waals surface area (Å²) in [5.74, 6) is 0.974. The van der Waals surface area contributed by atoms with E-state index in [0.29, 0.717) is 0 Å². The van der Waals surface area contributed by atoms with Gasteiger partial charge in [0.2, 0.25) is 5.91 Å². The normalized spacial score (nSPS) is 23.1. The molecule has 1 heterocycles. The fourth-order valence-corrected chi connectivity index (χ4v) is 2.83. The van der Waals surface area contributed by atoms with Gasteiger partial charge in [-0.1, -0.05) is 12.1 Å². The van der Waals surface area contributed by atoms with Gasteiger partial charge in [0.15, 0.2) is 0 Å². The van der Waals surface area contributed by atoms with Crippen molar-refractivity contribution in [2.75, 3.05) is 13.1 Å². The van der Waals surface area contributed by atoms with Crippen LogP contribution in [0, 0.1) is 5.41 Å².